The van der Waals surface area contributed by atoms with Gasteiger partial charge in [0.05, 0.1) is 10.7 Å². The number of benzene rings is 1. The highest BCUT2D eigenvalue weighted by molar-refractivity contribution is 6.32. The molecule has 2 aromatic heterocycles. The molecule has 3 rings (SSSR count). The number of para-hydroxylation sites is 1. The van der Waals surface area contributed by atoms with Crippen molar-refractivity contribution in [2.45, 2.75) is 6.54 Å². The molecule has 3 aromatic rings. The summed E-state index contributed by atoms with van der Waals surface area (Å²) >= 11 is 6.02. The Hall–Kier alpha value is -2.11. The molecule has 0 amide bonds. The first-order valence-corrected chi connectivity index (χ1v) is 7.08. The highest BCUT2D eigenvalue weighted by atomic mass is 35.5. The largest absolute Gasteiger partial charge is 0.491 e. The second-order valence-electron chi connectivity index (χ2n) is 4.50. The number of aromatic nitrogens is 3. The van der Waals surface area contributed by atoms with Crippen LogP contribution in [0.5, 0.6) is 5.75 Å². The highest BCUT2D eigenvalue weighted by Crippen LogP contribution is 2.22. The van der Waals surface area contributed by atoms with E-state index in [1.165, 1.54) is 0 Å². The van der Waals surface area contributed by atoms with E-state index in [-0.39, 0.29) is 0 Å². The molecule has 0 spiro atoms. The predicted molar refractivity (Wildman–Crippen MR) is 81.6 cm³/mol. The lowest BCUT2D eigenvalue weighted by molar-refractivity contribution is 0.313. The number of nitrogens with zero attached hydrogens (tertiary/aromatic N) is 3. The van der Waals surface area contributed by atoms with Crippen LogP contribution in [0.2, 0.25) is 5.02 Å². The molecule has 0 aliphatic heterocycles. The van der Waals surface area contributed by atoms with E-state index < -0.39 is 0 Å². The summed E-state index contributed by atoms with van der Waals surface area (Å²) in [5.41, 5.74) is 1.91. The van der Waals surface area contributed by atoms with Crippen molar-refractivity contribution >= 4 is 17.2 Å². The van der Waals surface area contributed by atoms with Gasteiger partial charge in [-0.1, -0.05) is 29.8 Å². The van der Waals surface area contributed by atoms with Crippen molar-refractivity contribution in [2.24, 2.45) is 0 Å². The Morgan fingerprint density at radius 1 is 1.14 bits per heavy atom. The van der Waals surface area contributed by atoms with Crippen LogP contribution in [0.25, 0.3) is 5.65 Å². The molecule has 1 aromatic carbocycles. The lowest BCUT2D eigenvalue weighted by Gasteiger charge is -2.09. The van der Waals surface area contributed by atoms with Crippen LogP contribution in [-0.2, 0) is 6.54 Å². The Labute approximate surface area is 127 Å². The van der Waals surface area contributed by atoms with Gasteiger partial charge in [0.1, 0.15) is 18.7 Å². The predicted octanol–water partition coefficient (Wildman–Crippen LogP) is 2.55. The van der Waals surface area contributed by atoms with E-state index in [4.69, 9.17) is 16.3 Å². The summed E-state index contributed by atoms with van der Waals surface area (Å²) in [5.74, 6) is 0.708. The lowest BCUT2D eigenvalue weighted by atomic mass is 10.3. The van der Waals surface area contributed by atoms with Gasteiger partial charge in [0, 0.05) is 13.1 Å². The van der Waals surface area contributed by atoms with Crippen LogP contribution in [0.1, 0.15) is 5.69 Å². The average Bonchev–Trinajstić information content (AvgIpc) is 2.98. The standard InChI is InChI=1S/C15H15ClN4O/c16-13-5-1-2-6-14(13)21-9-8-17-10-12-4-3-7-15-18-11-19-20(12)15/h1-7,11,17H,8-10H2. The molecule has 21 heavy (non-hydrogen) atoms. The van der Waals surface area contributed by atoms with E-state index in [1.807, 2.05) is 47.0 Å². The fraction of sp³-hybridized carbons (Fsp3) is 0.200. The van der Waals surface area contributed by atoms with E-state index >= 15 is 0 Å². The maximum absolute atomic E-state index is 6.02. The molecule has 0 fully saturated rings. The first-order chi connectivity index (χ1) is 10.3. The van der Waals surface area contributed by atoms with Gasteiger partial charge in [0.25, 0.3) is 0 Å². The van der Waals surface area contributed by atoms with E-state index in [1.54, 1.807) is 6.33 Å². The first kappa shape index (κ1) is 13.9. The molecular weight excluding hydrogens is 288 g/mol. The van der Waals surface area contributed by atoms with Crippen LogP contribution in [0, 0.1) is 0 Å². The fourth-order valence-electron chi connectivity index (χ4n) is 2.05. The van der Waals surface area contributed by atoms with Crippen LogP contribution in [-0.4, -0.2) is 27.7 Å². The molecule has 5 nitrogen and oxygen atoms in total. The molecule has 0 aliphatic carbocycles. The van der Waals surface area contributed by atoms with Crippen molar-refractivity contribution in [3.05, 3.63) is 59.5 Å². The van der Waals surface area contributed by atoms with Gasteiger partial charge in [-0.25, -0.2) is 9.50 Å². The molecule has 2 heterocycles. The number of ether oxygens (including phenoxy) is 1. The highest BCUT2D eigenvalue weighted by Gasteiger charge is 2.02. The van der Waals surface area contributed by atoms with Crippen molar-refractivity contribution in [1.82, 2.24) is 19.9 Å². The topological polar surface area (TPSA) is 51.5 Å². The monoisotopic (exact) mass is 302 g/mol. The second kappa shape index (κ2) is 6.56. The number of fused-ring (bicyclic) bond motifs is 1. The zero-order chi connectivity index (χ0) is 14.5. The summed E-state index contributed by atoms with van der Waals surface area (Å²) in [6, 6.07) is 13.4. The van der Waals surface area contributed by atoms with E-state index in [0.29, 0.717) is 23.9 Å². The summed E-state index contributed by atoms with van der Waals surface area (Å²) < 4.78 is 7.44. The van der Waals surface area contributed by atoms with Gasteiger partial charge in [-0.15, -0.1) is 0 Å². The molecule has 0 bridgehead atoms. The van der Waals surface area contributed by atoms with Crippen LogP contribution in [0.4, 0.5) is 0 Å². The zero-order valence-corrected chi connectivity index (χ0v) is 12.1. The minimum absolute atomic E-state index is 0.553. The Balaban J connectivity index is 1.49. The minimum atomic E-state index is 0.553. The van der Waals surface area contributed by atoms with Gasteiger partial charge in [-0.05, 0) is 24.3 Å². The molecule has 0 aliphatic rings. The molecule has 108 valence electrons. The van der Waals surface area contributed by atoms with Gasteiger partial charge in [-0.3, -0.25) is 0 Å². The summed E-state index contributed by atoms with van der Waals surface area (Å²) in [7, 11) is 0. The van der Waals surface area contributed by atoms with Gasteiger partial charge < -0.3 is 10.1 Å². The molecular formula is C15H15ClN4O. The maximum atomic E-state index is 6.02. The van der Waals surface area contributed by atoms with Crippen molar-refractivity contribution < 1.29 is 4.74 Å². The SMILES string of the molecule is Clc1ccccc1OCCNCc1cccc2ncnn12. The van der Waals surface area contributed by atoms with E-state index in [0.717, 1.165) is 17.9 Å². The summed E-state index contributed by atoms with van der Waals surface area (Å²) in [5, 5.41) is 8.14. The summed E-state index contributed by atoms with van der Waals surface area (Å²) in [4.78, 5) is 4.16. The van der Waals surface area contributed by atoms with Gasteiger partial charge in [0.2, 0.25) is 0 Å². The minimum Gasteiger partial charge on any atom is -0.491 e. The molecule has 1 N–H and O–H groups in total. The number of nitrogens with one attached hydrogen (secondary N) is 1. The second-order valence-corrected chi connectivity index (χ2v) is 4.91. The summed E-state index contributed by atoms with van der Waals surface area (Å²) in [6.07, 6.45) is 1.55. The van der Waals surface area contributed by atoms with E-state index in [2.05, 4.69) is 15.4 Å². The Bertz CT molecular complexity index is 728. The maximum Gasteiger partial charge on any atom is 0.155 e. The first-order valence-electron chi connectivity index (χ1n) is 6.70. The Morgan fingerprint density at radius 2 is 2.05 bits per heavy atom. The van der Waals surface area contributed by atoms with Crippen LogP contribution in [0.3, 0.4) is 0 Å². The number of rotatable bonds is 6. The molecule has 0 radical (unpaired) electrons. The number of halogens is 1. The Kier molecular flexibility index (Phi) is 4.33. The molecule has 0 unspecified atom stereocenters. The third kappa shape index (κ3) is 3.32. The molecule has 0 saturated heterocycles. The third-order valence-electron chi connectivity index (χ3n) is 3.06. The van der Waals surface area contributed by atoms with Gasteiger partial charge in [0.15, 0.2) is 5.65 Å². The zero-order valence-electron chi connectivity index (χ0n) is 11.4. The number of hydrogen-bond donors (Lipinski definition) is 1. The smallest absolute Gasteiger partial charge is 0.155 e. The van der Waals surface area contributed by atoms with Crippen LogP contribution < -0.4 is 10.1 Å². The van der Waals surface area contributed by atoms with Crippen molar-refractivity contribution in [1.29, 1.82) is 0 Å². The van der Waals surface area contributed by atoms with Gasteiger partial charge in [-0.2, -0.15) is 5.10 Å². The summed E-state index contributed by atoms with van der Waals surface area (Å²) in [6.45, 7) is 1.97. The normalized spacial score (nSPS) is 10.9. The third-order valence-corrected chi connectivity index (χ3v) is 3.37. The van der Waals surface area contributed by atoms with Crippen molar-refractivity contribution in [3.8, 4) is 5.75 Å². The number of hydrogen-bond acceptors (Lipinski definition) is 4. The fourth-order valence-corrected chi connectivity index (χ4v) is 2.24. The van der Waals surface area contributed by atoms with Crippen LogP contribution in [0.15, 0.2) is 48.8 Å². The molecule has 0 saturated carbocycles. The average molecular weight is 303 g/mol. The van der Waals surface area contributed by atoms with Crippen molar-refractivity contribution in [2.75, 3.05) is 13.2 Å². The Morgan fingerprint density at radius 3 is 2.95 bits per heavy atom. The lowest BCUT2D eigenvalue weighted by Crippen LogP contribution is -2.22. The van der Waals surface area contributed by atoms with Gasteiger partial charge >= 0.3 is 0 Å². The molecule has 0 atom stereocenters. The van der Waals surface area contributed by atoms with E-state index in [9.17, 15) is 0 Å². The number of pyridine rings is 1. The van der Waals surface area contributed by atoms with Crippen LogP contribution >= 0.6 is 11.6 Å². The quantitative estimate of drug-likeness (QED) is 0.711. The van der Waals surface area contributed by atoms with Crippen molar-refractivity contribution in [3.63, 3.8) is 0 Å². The molecule has 6 heteroatoms.